The van der Waals surface area contributed by atoms with Crippen LogP contribution < -0.4 is 10.3 Å². The molecule has 0 aliphatic carbocycles. The smallest absolute Gasteiger partial charge is 0.260 e. The van der Waals surface area contributed by atoms with E-state index in [-0.39, 0.29) is 5.56 Å². The molecule has 0 amide bonds. The SMILES string of the molecule is C=C(OCC)c1cc2c3ccnc(C)c3c(=O)n(C)c2cc1OCCCC(C)C. The monoisotopic (exact) mass is 394 g/mol. The Bertz CT molecular complexity index is 1110. The molecule has 0 saturated heterocycles. The molecule has 3 rings (SSSR count). The van der Waals surface area contributed by atoms with Crippen molar-refractivity contribution in [1.82, 2.24) is 9.55 Å². The van der Waals surface area contributed by atoms with Gasteiger partial charge in [0.15, 0.2) is 0 Å². The zero-order chi connectivity index (χ0) is 21.1. The minimum atomic E-state index is -0.0553. The summed E-state index contributed by atoms with van der Waals surface area (Å²) in [5.41, 5.74) is 2.31. The van der Waals surface area contributed by atoms with Crippen molar-refractivity contribution in [1.29, 1.82) is 0 Å². The number of benzene rings is 1. The Morgan fingerprint density at radius 2 is 2.03 bits per heavy atom. The van der Waals surface area contributed by atoms with Crippen LogP contribution in [0.4, 0.5) is 0 Å². The normalized spacial score (nSPS) is 11.4. The Kier molecular flexibility index (Phi) is 6.26. The summed E-state index contributed by atoms with van der Waals surface area (Å²) < 4.78 is 13.5. The predicted molar refractivity (Wildman–Crippen MR) is 119 cm³/mol. The van der Waals surface area contributed by atoms with Crippen molar-refractivity contribution >= 4 is 27.4 Å². The number of aromatic nitrogens is 2. The maximum absolute atomic E-state index is 13.0. The lowest BCUT2D eigenvalue weighted by atomic mass is 10.0. The van der Waals surface area contributed by atoms with Gasteiger partial charge < -0.3 is 14.0 Å². The summed E-state index contributed by atoms with van der Waals surface area (Å²) in [6.07, 6.45) is 3.81. The van der Waals surface area contributed by atoms with Crippen LogP contribution >= 0.6 is 0 Å². The molecule has 2 aromatic heterocycles. The summed E-state index contributed by atoms with van der Waals surface area (Å²) in [5.74, 6) is 1.90. The third-order valence-electron chi connectivity index (χ3n) is 5.21. The molecule has 0 unspecified atom stereocenters. The molecular weight excluding hydrogens is 364 g/mol. The molecular formula is C24H30N2O3. The molecule has 2 heterocycles. The first-order valence-electron chi connectivity index (χ1n) is 10.2. The number of hydrogen-bond acceptors (Lipinski definition) is 4. The van der Waals surface area contributed by atoms with Gasteiger partial charge in [-0.1, -0.05) is 20.4 Å². The van der Waals surface area contributed by atoms with Crippen LogP contribution in [0.3, 0.4) is 0 Å². The van der Waals surface area contributed by atoms with E-state index in [0.717, 1.165) is 40.4 Å². The Morgan fingerprint density at radius 1 is 1.28 bits per heavy atom. The fraction of sp³-hybridized carbons (Fsp3) is 0.417. The fourth-order valence-electron chi connectivity index (χ4n) is 3.66. The van der Waals surface area contributed by atoms with Crippen molar-refractivity contribution in [2.75, 3.05) is 13.2 Å². The minimum Gasteiger partial charge on any atom is -0.494 e. The number of fused-ring (bicyclic) bond motifs is 3. The first kappa shape index (κ1) is 20.9. The molecule has 0 aliphatic heterocycles. The van der Waals surface area contributed by atoms with Crippen molar-refractivity contribution in [2.24, 2.45) is 13.0 Å². The van der Waals surface area contributed by atoms with Crippen molar-refractivity contribution in [3.05, 3.63) is 52.6 Å². The summed E-state index contributed by atoms with van der Waals surface area (Å²) >= 11 is 0. The van der Waals surface area contributed by atoms with Gasteiger partial charge in [0, 0.05) is 24.7 Å². The van der Waals surface area contributed by atoms with Crippen LogP contribution in [-0.2, 0) is 11.8 Å². The van der Waals surface area contributed by atoms with Gasteiger partial charge in [-0.15, -0.1) is 0 Å². The summed E-state index contributed by atoms with van der Waals surface area (Å²) in [5, 5.41) is 2.48. The molecule has 0 saturated carbocycles. The van der Waals surface area contributed by atoms with Crippen LogP contribution in [0.2, 0.25) is 0 Å². The fourth-order valence-corrected chi connectivity index (χ4v) is 3.66. The van der Waals surface area contributed by atoms with Crippen LogP contribution in [-0.4, -0.2) is 22.8 Å². The quantitative estimate of drug-likeness (QED) is 0.299. The van der Waals surface area contributed by atoms with E-state index in [1.165, 1.54) is 0 Å². The van der Waals surface area contributed by atoms with E-state index >= 15 is 0 Å². The summed E-state index contributed by atoms with van der Waals surface area (Å²) in [4.78, 5) is 17.3. The Balaban J connectivity index is 2.20. The second kappa shape index (κ2) is 8.68. The van der Waals surface area contributed by atoms with Gasteiger partial charge in [0.1, 0.15) is 11.5 Å². The first-order chi connectivity index (χ1) is 13.8. The van der Waals surface area contributed by atoms with Crippen molar-refractivity contribution in [3.63, 3.8) is 0 Å². The highest BCUT2D eigenvalue weighted by Gasteiger charge is 2.17. The highest BCUT2D eigenvalue weighted by atomic mass is 16.5. The van der Waals surface area contributed by atoms with Crippen molar-refractivity contribution in [3.8, 4) is 5.75 Å². The van der Waals surface area contributed by atoms with E-state index in [9.17, 15) is 4.79 Å². The van der Waals surface area contributed by atoms with E-state index in [1.54, 1.807) is 17.8 Å². The van der Waals surface area contributed by atoms with Crippen LogP contribution in [0.15, 0.2) is 35.8 Å². The van der Waals surface area contributed by atoms with Gasteiger partial charge in [0.2, 0.25) is 0 Å². The molecule has 5 heteroatoms. The lowest BCUT2D eigenvalue weighted by molar-refractivity contribution is 0.282. The Hall–Kier alpha value is -2.82. The number of pyridine rings is 2. The molecule has 0 atom stereocenters. The zero-order valence-corrected chi connectivity index (χ0v) is 18.0. The maximum Gasteiger partial charge on any atom is 0.260 e. The highest BCUT2D eigenvalue weighted by Crippen LogP contribution is 2.34. The second-order valence-corrected chi connectivity index (χ2v) is 7.79. The second-order valence-electron chi connectivity index (χ2n) is 7.79. The maximum atomic E-state index is 13.0. The van der Waals surface area contributed by atoms with Gasteiger partial charge in [-0.2, -0.15) is 0 Å². The van der Waals surface area contributed by atoms with Gasteiger partial charge in [-0.05, 0) is 50.1 Å². The molecule has 0 spiro atoms. The van der Waals surface area contributed by atoms with Gasteiger partial charge in [-0.3, -0.25) is 9.78 Å². The molecule has 1 aromatic carbocycles. The van der Waals surface area contributed by atoms with E-state index in [0.29, 0.717) is 36.0 Å². The van der Waals surface area contributed by atoms with Crippen LogP contribution in [0.5, 0.6) is 5.75 Å². The van der Waals surface area contributed by atoms with Gasteiger partial charge in [-0.25, -0.2) is 0 Å². The molecule has 0 fully saturated rings. The highest BCUT2D eigenvalue weighted by molar-refractivity contribution is 6.07. The molecule has 154 valence electrons. The van der Waals surface area contributed by atoms with Crippen molar-refractivity contribution < 1.29 is 9.47 Å². The molecule has 0 aliphatic rings. The molecule has 3 aromatic rings. The van der Waals surface area contributed by atoms with Gasteiger partial charge >= 0.3 is 0 Å². The summed E-state index contributed by atoms with van der Waals surface area (Å²) in [7, 11) is 1.79. The van der Waals surface area contributed by atoms with Crippen molar-refractivity contribution in [2.45, 2.75) is 40.5 Å². The molecule has 0 N–H and O–H groups in total. The van der Waals surface area contributed by atoms with Gasteiger partial charge in [0.25, 0.3) is 5.56 Å². The topological polar surface area (TPSA) is 53.3 Å². The van der Waals surface area contributed by atoms with Crippen LogP contribution in [0.1, 0.15) is 44.9 Å². The van der Waals surface area contributed by atoms with Gasteiger partial charge in [0.05, 0.1) is 35.4 Å². The standard InChI is InChI=1S/C24H30N2O3/c1-7-28-17(5)19-13-20-18-10-11-25-16(4)23(18)24(27)26(6)21(20)14-22(19)29-12-8-9-15(2)3/h10-11,13-15H,5,7-9,12H2,1-4,6H3. The lowest BCUT2D eigenvalue weighted by Gasteiger charge is -2.18. The third-order valence-corrected chi connectivity index (χ3v) is 5.21. The number of aryl methyl sites for hydroxylation is 2. The largest absolute Gasteiger partial charge is 0.494 e. The molecule has 29 heavy (non-hydrogen) atoms. The number of rotatable bonds is 8. The van der Waals surface area contributed by atoms with Crippen LogP contribution in [0, 0.1) is 12.8 Å². The van der Waals surface area contributed by atoms with E-state index in [4.69, 9.17) is 9.47 Å². The molecule has 0 bridgehead atoms. The lowest BCUT2D eigenvalue weighted by Crippen LogP contribution is -2.19. The Labute approximate surface area is 172 Å². The summed E-state index contributed by atoms with van der Waals surface area (Å²) in [6.45, 7) is 13.4. The molecule has 0 radical (unpaired) electrons. The minimum absolute atomic E-state index is 0.0553. The average molecular weight is 395 g/mol. The average Bonchev–Trinajstić information content (AvgIpc) is 2.68. The van der Waals surface area contributed by atoms with E-state index in [2.05, 4.69) is 25.4 Å². The number of nitrogens with zero attached hydrogens (tertiary/aromatic N) is 2. The predicted octanol–water partition coefficient (Wildman–Crippen LogP) is 5.22. The van der Waals surface area contributed by atoms with Crippen LogP contribution in [0.25, 0.3) is 27.4 Å². The molecule has 5 nitrogen and oxygen atoms in total. The number of hydrogen-bond donors (Lipinski definition) is 0. The third kappa shape index (κ3) is 4.14. The number of ether oxygens (including phenoxy) is 2. The zero-order valence-electron chi connectivity index (χ0n) is 18.0. The first-order valence-corrected chi connectivity index (χ1v) is 10.2. The Morgan fingerprint density at radius 3 is 2.72 bits per heavy atom. The van der Waals surface area contributed by atoms with E-state index < -0.39 is 0 Å². The van der Waals surface area contributed by atoms with E-state index in [1.807, 2.05) is 32.0 Å². The summed E-state index contributed by atoms with van der Waals surface area (Å²) in [6, 6.07) is 5.84.